The lowest BCUT2D eigenvalue weighted by Gasteiger charge is -2.08. The van der Waals surface area contributed by atoms with Gasteiger partial charge in [0.05, 0.1) is 17.0 Å². The Kier molecular flexibility index (Phi) is 4.41. The molecule has 0 aliphatic rings. The minimum Gasteiger partial charge on any atom is -0.324 e. The highest BCUT2D eigenvalue weighted by atomic mass is 79.9. The summed E-state index contributed by atoms with van der Waals surface area (Å²) in [5.74, 6) is -0.188. The van der Waals surface area contributed by atoms with Crippen LogP contribution in [0.2, 0.25) is 0 Å². The van der Waals surface area contributed by atoms with Gasteiger partial charge in [0.2, 0.25) is 0 Å². The number of imidazole rings is 1. The fourth-order valence-electron chi connectivity index (χ4n) is 2.54. The molecule has 0 spiro atoms. The summed E-state index contributed by atoms with van der Waals surface area (Å²) in [6.45, 7) is 0.0579. The molecule has 8 nitrogen and oxygen atoms in total. The highest BCUT2D eigenvalue weighted by Gasteiger charge is 2.18. The lowest BCUT2D eigenvalue weighted by atomic mass is 10.4. The molecule has 10 heteroatoms. The Balaban J connectivity index is 1.98. The number of halogens is 1. The largest absolute Gasteiger partial charge is 0.332 e. The smallest absolute Gasteiger partial charge is 0.324 e. The van der Waals surface area contributed by atoms with Crippen LogP contribution in [-0.4, -0.2) is 32.9 Å². The number of fused-ring (bicyclic) bond motifs is 1. The second-order valence-electron chi connectivity index (χ2n) is 5.59. The van der Waals surface area contributed by atoms with E-state index in [-0.39, 0.29) is 28.4 Å². The van der Waals surface area contributed by atoms with Gasteiger partial charge in [0.25, 0.3) is 5.56 Å². The van der Waals surface area contributed by atoms with E-state index in [4.69, 9.17) is 0 Å². The molecule has 2 aromatic heterocycles. The van der Waals surface area contributed by atoms with Crippen molar-refractivity contribution in [3.05, 3.63) is 55.9 Å². The van der Waals surface area contributed by atoms with Crippen LogP contribution in [0, 0.1) is 0 Å². The zero-order chi connectivity index (χ0) is 18.4. The molecule has 0 aliphatic carbocycles. The zero-order valence-corrected chi connectivity index (χ0v) is 15.9. The molecule has 3 rings (SSSR count). The van der Waals surface area contributed by atoms with Gasteiger partial charge < -0.3 is 4.57 Å². The Morgan fingerprint density at radius 2 is 1.72 bits per heavy atom. The van der Waals surface area contributed by atoms with E-state index in [1.165, 1.54) is 41.7 Å². The lowest BCUT2D eigenvalue weighted by Crippen LogP contribution is -2.37. The van der Waals surface area contributed by atoms with Gasteiger partial charge in [0.1, 0.15) is 0 Å². The first kappa shape index (κ1) is 17.6. The average Bonchev–Trinajstić information content (AvgIpc) is 3.01. The van der Waals surface area contributed by atoms with Crippen LogP contribution in [0.4, 0.5) is 0 Å². The fraction of sp³-hybridized carbons (Fsp3) is 0.267. The maximum atomic E-state index is 12.5. The van der Waals surface area contributed by atoms with E-state index < -0.39 is 21.1 Å². The maximum absolute atomic E-state index is 12.5. The third kappa shape index (κ3) is 3.07. The van der Waals surface area contributed by atoms with Crippen LogP contribution in [0.15, 0.2) is 49.6 Å². The molecule has 0 unspecified atom stereocenters. The van der Waals surface area contributed by atoms with Crippen molar-refractivity contribution in [1.82, 2.24) is 18.7 Å². The van der Waals surface area contributed by atoms with E-state index in [0.717, 1.165) is 9.04 Å². The summed E-state index contributed by atoms with van der Waals surface area (Å²) in [6.07, 6.45) is 1.38. The van der Waals surface area contributed by atoms with Crippen LogP contribution < -0.4 is 11.2 Å². The second kappa shape index (κ2) is 6.26. The van der Waals surface area contributed by atoms with E-state index >= 15 is 0 Å². The highest BCUT2D eigenvalue weighted by molar-refractivity contribution is 9.10. The summed E-state index contributed by atoms with van der Waals surface area (Å²) in [7, 11) is -0.621. The van der Waals surface area contributed by atoms with Crippen molar-refractivity contribution in [2.24, 2.45) is 14.1 Å². The number of aromatic nitrogens is 4. The molecule has 0 aliphatic heterocycles. The molecule has 1 aromatic carbocycles. The van der Waals surface area contributed by atoms with Gasteiger partial charge in [-0.05, 0) is 24.3 Å². The minimum atomic E-state index is -3.51. The molecule has 2 heterocycles. The fourth-order valence-corrected chi connectivity index (χ4v) is 4.03. The summed E-state index contributed by atoms with van der Waals surface area (Å²) >= 11 is 3.27. The number of hydrogen-bond donors (Lipinski definition) is 0. The van der Waals surface area contributed by atoms with Gasteiger partial charge in [0, 0.05) is 25.1 Å². The quantitative estimate of drug-likeness (QED) is 0.610. The second-order valence-corrected chi connectivity index (χ2v) is 8.61. The number of aryl methyl sites for hydroxylation is 2. The summed E-state index contributed by atoms with van der Waals surface area (Å²) in [5, 5.41) is 0. The first-order valence-electron chi connectivity index (χ1n) is 7.31. The Morgan fingerprint density at radius 1 is 1.08 bits per heavy atom. The first-order valence-corrected chi connectivity index (χ1v) is 9.76. The normalized spacial score (nSPS) is 12.0. The van der Waals surface area contributed by atoms with Crippen molar-refractivity contribution in [2.75, 3.05) is 5.75 Å². The van der Waals surface area contributed by atoms with E-state index in [1.54, 1.807) is 12.1 Å². The molecular formula is C15H15BrN4O4S. The monoisotopic (exact) mass is 426 g/mol. The molecule has 0 saturated carbocycles. The Bertz CT molecular complexity index is 1170. The molecule has 0 N–H and O–H groups in total. The molecule has 132 valence electrons. The Labute approximate surface area is 151 Å². The Morgan fingerprint density at radius 3 is 2.36 bits per heavy atom. The van der Waals surface area contributed by atoms with Crippen LogP contribution in [0.5, 0.6) is 0 Å². The lowest BCUT2D eigenvalue weighted by molar-refractivity contribution is 0.589. The van der Waals surface area contributed by atoms with E-state index in [0.29, 0.717) is 0 Å². The maximum Gasteiger partial charge on any atom is 0.332 e. The topological polar surface area (TPSA) is 96.0 Å². The molecule has 3 aromatic rings. The van der Waals surface area contributed by atoms with Crippen molar-refractivity contribution in [3.8, 4) is 0 Å². The van der Waals surface area contributed by atoms with Gasteiger partial charge in [-0.3, -0.25) is 13.9 Å². The van der Waals surface area contributed by atoms with Gasteiger partial charge in [-0.25, -0.2) is 18.2 Å². The van der Waals surface area contributed by atoms with Crippen molar-refractivity contribution in [1.29, 1.82) is 0 Å². The summed E-state index contributed by atoms with van der Waals surface area (Å²) in [6, 6.07) is 6.36. The standard InChI is InChI=1S/C15H15BrN4O4S/c1-18-13-12(14(21)19(2)15(18)22)20(9-17-13)7-8-25(23,24)11-5-3-10(16)4-6-11/h3-6,9H,7-8H2,1-2H3. The molecule has 0 atom stereocenters. The number of hydrogen-bond acceptors (Lipinski definition) is 5. The van der Waals surface area contributed by atoms with E-state index in [1.807, 2.05) is 0 Å². The zero-order valence-electron chi connectivity index (χ0n) is 13.5. The number of benzene rings is 1. The summed E-state index contributed by atoms with van der Waals surface area (Å²) < 4.78 is 29.4. The third-order valence-corrected chi connectivity index (χ3v) is 6.23. The van der Waals surface area contributed by atoms with Crippen LogP contribution >= 0.6 is 15.9 Å². The third-order valence-electron chi connectivity index (χ3n) is 3.99. The van der Waals surface area contributed by atoms with Gasteiger partial charge in [-0.2, -0.15) is 0 Å². The van der Waals surface area contributed by atoms with Crippen molar-refractivity contribution >= 4 is 36.9 Å². The van der Waals surface area contributed by atoms with Crippen LogP contribution in [0.3, 0.4) is 0 Å². The number of rotatable bonds is 4. The first-order chi connectivity index (χ1) is 11.7. The van der Waals surface area contributed by atoms with Crippen LogP contribution in [0.25, 0.3) is 11.2 Å². The van der Waals surface area contributed by atoms with E-state index in [2.05, 4.69) is 20.9 Å². The molecular weight excluding hydrogens is 412 g/mol. The molecule has 0 amide bonds. The predicted molar refractivity (Wildman–Crippen MR) is 96.4 cm³/mol. The summed E-state index contributed by atoms with van der Waals surface area (Å²) in [5.41, 5.74) is -0.549. The van der Waals surface area contributed by atoms with Crippen LogP contribution in [0.1, 0.15) is 0 Å². The van der Waals surface area contributed by atoms with Gasteiger partial charge in [-0.15, -0.1) is 0 Å². The van der Waals surface area contributed by atoms with Crippen molar-refractivity contribution < 1.29 is 8.42 Å². The summed E-state index contributed by atoms with van der Waals surface area (Å²) in [4.78, 5) is 28.6. The van der Waals surface area contributed by atoms with E-state index in [9.17, 15) is 18.0 Å². The van der Waals surface area contributed by atoms with Gasteiger partial charge in [-0.1, -0.05) is 15.9 Å². The van der Waals surface area contributed by atoms with Gasteiger partial charge in [0.15, 0.2) is 21.0 Å². The van der Waals surface area contributed by atoms with Crippen molar-refractivity contribution in [3.63, 3.8) is 0 Å². The average molecular weight is 427 g/mol. The van der Waals surface area contributed by atoms with Gasteiger partial charge >= 0.3 is 5.69 Å². The number of nitrogens with zero attached hydrogens (tertiary/aromatic N) is 4. The van der Waals surface area contributed by atoms with Crippen molar-refractivity contribution in [2.45, 2.75) is 11.4 Å². The number of sulfone groups is 1. The molecule has 0 radical (unpaired) electrons. The molecule has 0 saturated heterocycles. The molecule has 0 fully saturated rings. The highest BCUT2D eigenvalue weighted by Crippen LogP contribution is 2.16. The molecule has 25 heavy (non-hydrogen) atoms. The van der Waals surface area contributed by atoms with Crippen LogP contribution in [-0.2, 0) is 30.5 Å². The Hall–Kier alpha value is -2.20. The minimum absolute atomic E-state index is 0.0579. The molecule has 0 bridgehead atoms. The SMILES string of the molecule is Cn1c(=O)c2c(ncn2CCS(=O)(=O)c2ccc(Br)cc2)n(C)c1=O. The predicted octanol–water partition coefficient (Wildman–Crippen LogP) is 0.670.